The number of alkyl halides is 1. The number of likely N-dealkylation sites (tertiary alicyclic amines) is 1. The van der Waals surface area contributed by atoms with Crippen molar-refractivity contribution in [3.05, 3.63) is 85.5 Å². The van der Waals surface area contributed by atoms with Crippen molar-refractivity contribution in [1.82, 2.24) is 10.2 Å². The number of hydrogen-bond donors (Lipinski definition) is 2. The number of carbonyl (C=O) groups excluding carboxylic acids is 4. The van der Waals surface area contributed by atoms with E-state index in [4.69, 9.17) is 9.47 Å². The van der Waals surface area contributed by atoms with Crippen LogP contribution in [0.3, 0.4) is 0 Å². The van der Waals surface area contributed by atoms with Gasteiger partial charge in [0.2, 0.25) is 11.8 Å². The quantitative estimate of drug-likeness (QED) is 0.129. The van der Waals surface area contributed by atoms with Crippen LogP contribution < -0.4 is 15.1 Å². The van der Waals surface area contributed by atoms with Crippen LogP contribution in [-0.4, -0.2) is 95.6 Å². The number of hydrogen-bond acceptors (Lipinski definition) is 8. The van der Waals surface area contributed by atoms with Gasteiger partial charge in [0.05, 0.1) is 24.5 Å². The molecule has 1 unspecified atom stereocenters. The van der Waals surface area contributed by atoms with Crippen molar-refractivity contribution in [3.63, 3.8) is 0 Å². The number of aliphatic hydroxyl groups excluding tert-OH is 1. The first-order valence-electron chi connectivity index (χ1n) is 17.8. The van der Waals surface area contributed by atoms with E-state index in [1.807, 2.05) is 54.6 Å². The smallest absolute Gasteiger partial charge is 0.313 e. The monoisotopic (exact) mass is 764 g/mol. The number of halogens is 1. The molecule has 11 nitrogen and oxygen atoms in total. The molecule has 3 saturated heterocycles. The van der Waals surface area contributed by atoms with E-state index in [-0.39, 0.29) is 61.6 Å². The lowest BCUT2D eigenvalue weighted by atomic mass is 9.70. The standard InChI is InChI=1S/C39H49BrN4O7/c1-5-9-16-31(46)41-25-30(26-14-11-10-12-15-26)50-38(49)32-33-36(47)44(22-13-23-45)35(39(33)24-29(40)34(32)51-39)37(48)43(21-6-2)28-19-17-27(18-20-28)42(7-3)8-4/h5-6,10-12,14-15,17-20,29-30,32-35,45H,1-2,7-9,13,16,21-25H2,3-4H3,(H,41,46)/t29?,30-,32+,33-,34+,35+,39-/m1/s1. The van der Waals surface area contributed by atoms with Crippen LogP contribution in [-0.2, 0) is 28.7 Å². The Morgan fingerprint density at radius 3 is 2.41 bits per heavy atom. The zero-order chi connectivity index (χ0) is 36.7. The molecule has 0 aromatic heterocycles. The van der Waals surface area contributed by atoms with Crippen LogP contribution in [0, 0.1) is 11.8 Å². The molecule has 3 aliphatic heterocycles. The summed E-state index contributed by atoms with van der Waals surface area (Å²) in [6.45, 7) is 13.6. The molecule has 0 aliphatic carbocycles. The third-order valence-corrected chi connectivity index (χ3v) is 11.1. The lowest BCUT2D eigenvalue weighted by molar-refractivity contribution is -0.160. The van der Waals surface area contributed by atoms with Gasteiger partial charge in [-0.2, -0.15) is 0 Å². The number of ether oxygens (including phenoxy) is 2. The van der Waals surface area contributed by atoms with Crippen LogP contribution in [0.15, 0.2) is 79.9 Å². The summed E-state index contributed by atoms with van der Waals surface area (Å²) in [5.74, 6) is -3.55. The summed E-state index contributed by atoms with van der Waals surface area (Å²) in [5, 5.41) is 12.6. The SMILES string of the molecule is C=CCCC(=O)NC[C@@H](OC(=O)[C@@H]1[C@H]2O[C@@]3(CC2Br)[C@H](C(=O)N(CC=C)c2ccc(N(CC)CC)cc2)N(CCCO)C(=O)[C@@H]13)c1ccccc1. The third kappa shape index (κ3) is 7.64. The number of anilines is 2. The molecule has 2 N–H and O–H groups in total. The molecule has 2 aromatic rings. The first-order valence-corrected chi connectivity index (χ1v) is 18.7. The van der Waals surface area contributed by atoms with Crippen molar-refractivity contribution in [1.29, 1.82) is 0 Å². The topological polar surface area (TPSA) is 129 Å². The molecule has 2 bridgehead atoms. The number of nitrogens with zero attached hydrogens (tertiary/aromatic N) is 3. The second kappa shape index (κ2) is 17.0. The number of esters is 1. The number of rotatable bonds is 18. The van der Waals surface area contributed by atoms with Gasteiger partial charge in [-0.25, -0.2) is 0 Å². The van der Waals surface area contributed by atoms with E-state index >= 15 is 0 Å². The van der Waals surface area contributed by atoms with Gasteiger partial charge in [-0.3, -0.25) is 19.2 Å². The zero-order valence-electron chi connectivity index (χ0n) is 29.4. The van der Waals surface area contributed by atoms with E-state index in [2.05, 4.69) is 53.2 Å². The van der Waals surface area contributed by atoms with E-state index in [1.165, 1.54) is 4.90 Å². The van der Waals surface area contributed by atoms with Gasteiger partial charge in [0.1, 0.15) is 17.7 Å². The fourth-order valence-corrected chi connectivity index (χ4v) is 8.78. The molecule has 0 radical (unpaired) electrons. The minimum absolute atomic E-state index is 0.0405. The molecule has 12 heteroatoms. The number of aliphatic hydroxyl groups is 1. The molecule has 0 saturated carbocycles. The number of fused-ring (bicyclic) bond motifs is 1. The molecule has 3 fully saturated rings. The van der Waals surface area contributed by atoms with Crippen LogP contribution in [0.5, 0.6) is 0 Å². The minimum Gasteiger partial charge on any atom is -0.455 e. The number of amides is 3. The van der Waals surface area contributed by atoms with Gasteiger partial charge in [0.25, 0.3) is 5.91 Å². The third-order valence-electron chi connectivity index (χ3n) is 10.2. The number of allylic oxidation sites excluding steroid dienone is 1. The largest absolute Gasteiger partial charge is 0.455 e. The van der Waals surface area contributed by atoms with Crippen LogP contribution in [0.2, 0.25) is 0 Å². The second-order valence-electron chi connectivity index (χ2n) is 13.2. The first-order chi connectivity index (χ1) is 24.6. The van der Waals surface area contributed by atoms with Gasteiger partial charge < -0.3 is 34.6 Å². The Kier molecular flexibility index (Phi) is 12.8. The number of carbonyl (C=O) groups is 4. The van der Waals surface area contributed by atoms with Crippen molar-refractivity contribution in [2.45, 2.75) is 68.2 Å². The fraction of sp³-hybridized carbons (Fsp3) is 0.487. The van der Waals surface area contributed by atoms with Crippen LogP contribution >= 0.6 is 15.9 Å². The molecule has 3 amide bonds. The Morgan fingerprint density at radius 1 is 1.10 bits per heavy atom. The van der Waals surface area contributed by atoms with E-state index in [9.17, 15) is 24.3 Å². The average molecular weight is 766 g/mol. The Bertz CT molecular complexity index is 1570. The molecule has 274 valence electrons. The predicted octanol–water partition coefficient (Wildman–Crippen LogP) is 4.55. The summed E-state index contributed by atoms with van der Waals surface area (Å²) in [6, 6.07) is 15.8. The average Bonchev–Trinajstić information content (AvgIpc) is 3.74. The predicted molar refractivity (Wildman–Crippen MR) is 199 cm³/mol. The van der Waals surface area contributed by atoms with Crippen molar-refractivity contribution in [2.75, 3.05) is 49.1 Å². The van der Waals surface area contributed by atoms with Gasteiger partial charge in [0.15, 0.2) is 0 Å². The van der Waals surface area contributed by atoms with Crippen LogP contribution in [0.1, 0.15) is 51.2 Å². The minimum atomic E-state index is -1.31. The lowest BCUT2D eigenvalue weighted by Crippen LogP contribution is -2.57. The normalized spacial score (nSPS) is 25.2. The van der Waals surface area contributed by atoms with E-state index in [1.54, 1.807) is 17.1 Å². The summed E-state index contributed by atoms with van der Waals surface area (Å²) < 4.78 is 12.8. The molecular weight excluding hydrogens is 716 g/mol. The van der Waals surface area contributed by atoms with Crippen LogP contribution in [0.4, 0.5) is 11.4 Å². The second-order valence-corrected chi connectivity index (χ2v) is 14.3. The van der Waals surface area contributed by atoms with Gasteiger partial charge in [-0.15, -0.1) is 13.2 Å². The molecule has 3 heterocycles. The van der Waals surface area contributed by atoms with Gasteiger partial charge in [-0.05, 0) is 62.9 Å². The molecule has 1 spiro atoms. The summed E-state index contributed by atoms with van der Waals surface area (Å²) in [5.41, 5.74) is 1.05. The molecule has 3 aliphatic rings. The Hall–Kier alpha value is -4.00. The summed E-state index contributed by atoms with van der Waals surface area (Å²) in [7, 11) is 0. The zero-order valence-corrected chi connectivity index (χ0v) is 31.0. The maximum Gasteiger partial charge on any atom is 0.313 e. The Morgan fingerprint density at radius 2 is 1.78 bits per heavy atom. The summed E-state index contributed by atoms with van der Waals surface area (Å²) in [4.78, 5) is 61.0. The fourth-order valence-electron chi connectivity index (χ4n) is 7.83. The van der Waals surface area contributed by atoms with Crippen molar-refractivity contribution >= 4 is 51.0 Å². The van der Waals surface area contributed by atoms with Gasteiger partial charge in [-0.1, -0.05) is 58.4 Å². The van der Waals surface area contributed by atoms with Crippen molar-refractivity contribution < 1.29 is 33.8 Å². The summed E-state index contributed by atoms with van der Waals surface area (Å²) >= 11 is 3.72. The maximum atomic E-state index is 14.8. The first kappa shape index (κ1) is 38.2. The molecule has 7 atom stereocenters. The highest BCUT2D eigenvalue weighted by Gasteiger charge is 2.77. The highest BCUT2D eigenvalue weighted by Crippen LogP contribution is 2.60. The highest BCUT2D eigenvalue weighted by molar-refractivity contribution is 9.09. The summed E-state index contributed by atoms with van der Waals surface area (Å²) in [6.07, 6.45) is 3.10. The van der Waals surface area contributed by atoms with Gasteiger partial charge >= 0.3 is 5.97 Å². The van der Waals surface area contributed by atoms with Crippen molar-refractivity contribution in [3.8, 4) is 0 Å². The lowest BCUT2D eigenvalue weighted by Gasteiger charge is -2.37. The molecule has 51 heavy (non-hydrogen) atoms. The molecular formula is C39H49BrN4O7. The van der Waals surface area contributed by atoms with E-state index < -0.39 is 41.7 Å². The van der Waals surface area contributed by atoms with E-state index in [0.29, 0.717) is 24.1 Å². The van der Waals surface area contributed by atoms with Gasteiger partial charge in [0, 0.05) is 55.4 Å². The number of benzene rings is 2. The highest BCUT2D eigenvalue weighted by atomic mass is 79.9. The van der Waals surface area contributed by atoms with E-state index in [0.717, 1.165) is 18.8 Å². The molecule has 5 rings (SSSR count). The maximum absolute atomic E-state index is 14.8. The Balaban J connectivity index is 1.47. The van der Waals surface area contributed by atoms with Crippen molar-refractivity contribution in [2.24, 2.45) is 11.8 Å². The van der Waals surface area contributed by atoms with Crippen LogP contribution in [0.25, 0.3) is 0 Å². The Labute approximate surface area is 308 Å². The molecule has 2 aromatic carbocycles. The number of nitrogens with one attached hydrogen (secondary N) is 1.